The number of nitrogens with zero attached hydrogens (tertiary/aromatic N) is 1. The largest absolute Gasteiger partial charge is 0.444 e. The summed E-state index contributed by atoms with van der Waals surface area (Å²) in [7, 11) is 1.49. The Morgan fingerprint density at radius 1 is 1.53 bits per heavy atom. The molecule has 0 aromatic rings. The van der Waals surface area contributed by atoms with E-state index >= 15 is 0 Å². The third-order valence-corrected chi connectivity index (χ3v) is 2.42. The van der Waals surface area contributed by atoms with E-state index in [0.29, 0.717) is 4.86 Å². The van der Waals surface area contributed by atoms with Crippen LogP contribution < -0.4 is 5.32 Å². The lowest BCUT2D eigenvalue weighted by Gasteiger charge is -2.30. The molecule has 0 saturated heterocycles. The van der Waals surface area contributed by atoms with Crippen molar-refractivity contribution >= 4 is 29.1 Å². The van der Waals surface area contributed by atoms with E-state index in [1.807, 2.05) is 0 Å². The molecule has 1 atom stereocenters. The molecule has 0 fully saturated rings. The molecule has 0 spiro atoms. The van der Waals surface area contributed by atoms with Gasteiger partial charge in [-0.2, -0.15) is 0 Å². The molecule has 0 aliphatic carbocycles. The first-order chi connectivity index (χ1) is 7.72. The summed E-state index contributed by atoms with van der Waals surface area (Å²) in [5, 5.41) is 2.50. The van der Waals surface area contributed by atoms with Crippen LogP contribution in [-0.4, -0.2) is 40.5 Å². The van der Waals surface area contributed by atoms with Crippen LogP contribution in [0.2, 0.25) is 0 Å². The summed E-state index contributed by atoms with van der Waals surface area (Å²) in [5.74, 6) is -0.328. The monoisotopic (exact) mass is 256 g/mol. The molecule has 0 bridgehead atoms. The van der Waals surface area contributed by atoms with Gasteiger partial charge in [0.05, 0.1) is 0 Å². The molecule has 1 aliphatic rings. The summed E-state index contributed by atoms with van der Waals surface area (Å²) >= 11 is 5.04. The maximum absolute atomic E-state index is 11.8. The Kier molecular flexibility index (Phi) is 3.87. The summed E-state index contributed by atoms with van der Waals surface area (Å²) in [6.45, 7) is 5.29. The predicted molar refractivity (Wildman–Crippen MR) is 67.7 cm³/mol. The smallest absolute Gasteiger partial charge is 0.411 e. The third kappa shape index (κ3) is 3.52. The molecule has 6 heteroatoms. The van der Waals surface area contributed by atoms with Gasteiger partial charge in [-0.25, -0.2) is 4.79 Å². The number of ether oxygens (including phenoxy) is 1. The van der Waals surface area contributed by atoms with Gasteiger partial charge in [0, 0.05) is 18.1 Å². The number of likely N-dealkylation sites (N-methyl/N-ethyl adjacent to an activating group) is 1. The minimum absolute atomic E-state index is 0.328. The average Bonchev–Trinajstić information content (AvgIpc) is 2.14. The summed E-state index contributed by atoms with van der Waals surface area (Å²) in [6, 6.07) is -0.787. The molecule has 0 aromatic heterocycles. The minimum atomic E-state index is -0.787. The molecule has 0 radical (unpaired) electrons. The molecule has 1 unspecified atom stereocenters. The van der Waals surface area contributed by atoms with Crippen molar-refractivity contribution in [2.45, 2.75) is 32.4 Å². The number of carbonyl (C=O) groups excluding carboxylic acids is 2. The normalized spacial score (nSPS) is 19.9. The Morgan fingerprint density at radius 2 is 2.12 bits per heavy atom. The second kappa shape index (κ2) is 4.83. The Hall–Kier alpha value is -1.43. The highest BCUT2D eigenvalue weighted by molar-refractivity contribution is 7.81. The molecule has 17 heavy (non-hydrogen) atoms. The van der Waals surface area contributed by atoms with Gasteiger partial charge in [-0.15, -0.1) is 0 Å². The van der Waals surface area contributed by atoms with E-state index < -0.39 is 17.7 Å². The second-order valence-electron chi connectivity index (χ2n) is 4.74. The van der Waals surface area contributed by atoms with Crippen LogP contribution in [0.5, 0.6) is 0 Å². The minimum Gasteiger partial charge on any atom is -0.444 e. The van der Waals surface area contributed by atoms with E-state index in [1.165, 1.54) is 18.1 Å². The van der Waals surface area contributed by atoms with Gasteiger partial charge >= 0.3 is 6.09 Å². The van der Waals surface area contributed by atoms with Crippen molar-refractivity contribution in [3.05, 3.63) is 12.3 Å². The molecule has 1 N–H and O–H groups in total. The topological polar surface area (TPSA) is 58.6 Å². The van der Waals surface area contributed by atoms with Crippen LogP contribution in [0, 0.1) is 0 Å². The zero-order valence-corrected chi connectivity index (χ0v) is 11.1. The van der Waals surface area contributed by atoms with Crippen LogP contribution in [0.3, 0.4) is 0 Å². The Balaban J connectivity index is 2.79. The number of carbonyl (C=O) groups is 2. The molecule has 1 heterocycles. The highest BCUT2D eigenvalue weighted by atomic mass is 32.1. The standard InChI is InChI=1S/C11H16N2O3S/c1-11(2,3)16-10(15)13(4)8-7(17)5-6-12-9(8)14/h5-6,8H,1-4H3,(H,12,14). The number of amides is 2. The number of hydrogen-bond donors (Lipinski definition) is 1. The lowest BCUT2D eigenvalue weighted by molar-refractivity contribution is -0.123. The first kappa shape index (κ1) is 13.6. The molecule has 0 aromatic carbocycles. The van der Waals surface area contributed by atoms with Crippen LogP contribution in [0.4, 0.5) is 4.79 Å². The van der Waals surface area contributed by atoms with Crippen molar-refractivity contribution in [2.75, 3.05) is 7.05 Å². The van der Waals surface area contributed by atoms with Crippen molar-refractivity contribution in [1.82, 2.24) is 10.2 Å². The fourth-order valence-electron chi connectivity index (χ4n) is 1.31. The molecular formula is C11H16N2O3S. The summed E-state index contributed by atoms with van der Waals surface area (Å²) < 4.78 is 5.17. The number of thiocarbonyl (C=S) groups is 1. The van der Waals surface area contributed by atoms with Crippen molar-refractivity contribution in [3.63, 3.8) is 0 Å². The number of hydrogen-bond acceptors (Lipinski definition) is 4. The van der Waals surface area contributed by atoms with Crippen LogP contribution in [-0.2, 0) is 9.53 Å². The highest BCUT2D eigenvalue weighted by Gasteiger charge is 2.33. The van der Waals surface area contributed by atoms with E-state index in [-0.39, 0.29) is 5.91 Å². The van der Waals surface area contributed by atoms with Gasteiger partial charge in [-0.3, -0.25) is 9.69 Å². The molecule has 2 amide bonds. The van der Waals surface area contributed by atoms with Crippen molar-refractivity contribution in [1.29, 1.82) is 0 Å². The van der Waals surface area contributed by atoms with Crippen molar-refractivity contribution in [3.8, 4) is 0 Å². The number of rotatable bonds is 1. The first-order valence-electron chi connectivity index (χ1n) is 5.19. The van der Waals surface area contributed by atoms with Gasteiger partial charge in [-0.1, -0.05) is 12.2 Å². The van der Waals surface area contributed by atoms with Gasteiger partial charge in [0.2, 0.25) is 0 Å². The Morgan fingerprint density at radius 3 is 2.59 bits per heavy atom. The second-order valence-corrected chi connectivity index (χ2v) is 5.21. The van der Waals surface area contributed by atoms with Crippen LogP contribution in [0.1, 0.15) is 20.8 Å². The van der Waals surface area contributed by atoms with E-state index in [1.54, 1.807) is 26.8 Å². The Labute approximate surface area is 106 Å². The zero-order valence-electron chi connectivity index (χ0n) is 10.3. The van der Waals surface area contributed by atoms with Crippen LogP contribution in [0.25, 0.3) is 0 Å². The molecular weight excluding hydrogens is 240 g/mol. The fraction of sp³-hybridized carbons (Fsp3) is 0.545. The quantitative estimate of drug-likeness (QED) is 0.717. The SMILES string of the molecule is CN(C(=O)OC(C)(C)C)C1C(=O)NC=CC1=S. The highest BCUT2D eigenvalue weighted by Crippen LogP contribution is 2.13. The van der Waals surface area contributed by atoms with Gasteiger partial charge in [0.1, 0.15) is 11.6 Å². The molecule has 1 rings (SSSR count). The maximum Gasteiger partial charge on any atom is 0.411 e. The van der Waals surface area contributed by atoms with E-state index in [9.17, 15) is 9.59 Å². The van der Waals surface area contributed by atoms with Gasteiger partial charge in [0.25, 0.3) is 5.91 Å². The first-order valence-corrected chi connectivity index (χ1v) is 5.60. The van der Waals surface area contributed by atoms with E-state index in [0.717, 1.165) is 0 Å². The van der Waals surface area contributed by atoms with Crippen molar-refractivity contribution in [2.24, 2.45) is 0 Å². The van der Waals surface area contributed by atoms with Crippen molar-refractivity contribution < 1.29 is 14.3 Å². The van der Waals surface area contributed by atoms with Gasteiger partial charge in [-0.05, 0) is 26.8 Å². The average molecular weight is 256 g/mol. The molecule has 1 aliphatic heterocycles. The predicted octanol–water partition coefficient (Wildman–Crippen LogP) is 1.24. The fourth-order valence-corrected chi connectivity index (χ4v) is 1.64. The summed E-state index contributed by atoms with van der Waals surface area (Å²) in [5.41, 5.74) is -0.603. The van der Waals surface area contributed by atoms with Crippen LogP contribution in [0.15, 0.2) is 12.3 Å². The van der Waals surface area contributed by atoms with Gasteiger partial charge < -0.3 is 10.1 Å². The van der Waals surface area contributed by atoms with E-state index in [4.69, 9.17) is 17.0 Å². The molecule has 5 nitrogen and oxygen atoms in total. The third-order valence-electron chi connectivity index (χ3n) is 2.06. The Bertz CT molecular complexity index is 385. The number of nitrogens with one attached hydrogen (secondary N) is 1. The van der Waals surface area contributed by atoms with Gasteiger partial charge in [0.15, 0.2) is 0 Å². The van der Waals surface area contributed by atoms with Crippen LogP contribution >= 0.6 is 12.2 Å². The molecule has 0 saturated carbocycles. The van der Waals surface area contributed by atoms with E-state index in [2.05, 4.69) is 5.32 Å². The zero-order chi connectivity index (χ0) is 13.2. The summed E-state index contributed by atoms with van der Waals surface area (Å²) in [6.07, 6.45) is 2.47. The lowest BCUT2D eigenvalue weighted by atomic mass is 10.1. The maximum atomic E-state index is 11.8. The molecule has 94 valence electrons. The summed E-state index contributed by atoms with van der Waals surface area (Å²) in [4.78, 5) is 25.0. The lowest BCUT2D eigenvalue weighted by Crippen LogP contribution is -2.53.